The minimum Gasteiger partial charge on any atom is -0.381 e. The molecule has 27 heavy (non-hydrogen) atoms. The molecular weight excluding hydrogens is 342 g/mol. The normalized spacial score (nSPS) is 33.1. The Labute approximate surface area is 158 Å². The first-order chi connectivity index (χ1) is 13.3. The zero-order valence-corrected chi connectivity index (χ0v) is 15.4. The van der Waals surface area contributed by atoms with Gasteiger partial charge >= 0.3 is 0 Å². The lowest BCUT2D eigenvalue weighted by Crippen LogP contribution is -2.34. The van der Waals surface area contributed by atoms with Crippen molar-refractivity contribution in [2.45, 2.75) is 43.8 Å². The third-order valence-electron chi connectivity index (χ3n) is 7.19. The van der Waals surface area contributed by atoms with Crippen molar-refractivity contribution >= 4 is 17.1 Å². The van der Waals surface area contributed by atoms with Crippen molar-refractivity contribution < 1.29 is 9.53 Å². The van der Waals surface area contributed by atoms with Gasteiger partial charge in [-0.1, -0.05) is 0 Å². The van der Waals surface area contributed by atoms with Crippen LogP contribution in [0, 0.1) is 11.8 Å². The monoisotopic (exact) mass is 367 g/mol. The molecular formula is C20H25N5O2. The van der Waals surface area contributed by atoms with Gasteiger partial charge in [-0.3, -0.25) is 4.79 Å². The fourth-order valence-corrected chi connectivity index (χ4v) is 5.80. The highest BCUT2D eigenvalue weighted by Crippen LogP contribution is 2.43. The van der Waals surface area contributed by atoms with E-state index in [1.54, 1.807) is 6.20 Å². The van der Waals surface area contributed by atoms with Crippen molar-refractivity contribution in [3.63, 3.8) is 0 Å². The lowest BCUT2D eigenvalue weighted by Gasteiger charge is -2.23. The van der Waals surface area contributed by atoms with E-state index in [0.717, 1.165) is 50.3 Å². The lowest BCUT2D eigenvalue weighted by molar-refractivity contribution is 0.0704. The second kappa shape index (κ2) is 6.01. The maximum atomic E-state index is 13.1. The molecule has 4 saturated heterocycles. The van der Waals surface area contributed by atoms with Gasteiger partial charge in [0.1, 0.15) is 5.52 Å². The molecule has 4 atom stereocenters. The van der Waals surface area contributed by atoms with Crippen LogP contribution in [-0.2, 0) is 4.74 Å². The van der Waals surface area contributed by atoms with E-state index >= 15 is 0 Å². The molecule has 4 aliphatic rings. The molecule has 142 valence electrons. The van der Waals surface area contributed by atoms with Crippen LogP contribution in [0.3, 0.4) is 0 Å². The Hall–Kier alpha value is -1.99. The van der Waals surface area contributed by atoms with Gasteiger partial charge in [-0.2, -0.15) is 0 Å². The van der Waals surface area contributed by atoms with Crippen molar-refractivity contribution in [1.82, 2.24) is 24.8 Å². The Morgan fingerprint density at radius 2 is 1.81 bits per heavy atom. The molecule has 0 spiro atoms. The smallest absolute Gasteiger partial charge is 0.255 e. The zero-order chi connectivity index (χ0) is 18.0. The summed E-state index contributed by atoms with van der Waals surface area (Å²) in [6.45, 7) is 3.34. The fraction of sp³-hybridized carbons (Fsp3) is 0.650. The van der Waals surface area contributed by atoms with Crippen LogP contribution in [0.2, 0.25) is 0 Å². The predicted molar refractivity (Wildman–Crippen MR) is 99.4 cm³/mol. The molecule has 0 aliphatic carbocycles. The number of hydrogen-bond acceptors (Lipinski definition) is 5. The first-order valence-electron chi connectivity index (χ1n) is 10.2. The summed E-state index contributed by atoms with van der Waals surface area (Å²) in [7, 11) is 0. The molecule has 1 N–H and O–H groups in total. The molecule has 0 radical (unpaired) electrons. The van der Waals surface area contributed by atoms with Gasteiger partial charge in [0.05, 0.1) is 11.9 Å². The predicted octanol–water partition coefficient (Wildman–Crippen LogP) is 1.61. The highest BCUT2D eigenvalue weighted by molar-refractivity contribution is 5.96. The quantitative estimate of drug-likeness (QED) is 0.873. The molecule has 6 heterocycles. The summed E-state index contributed by atoms with van der Waals surface area (Å²) < 4.78 is 7.61. The van der Waals surface area contributed by atoms with Gasteiger partial charge in [0.2, 0.25) is 0 Å². The summed E-state index contributed by atoms with van der Waals surface area (Å²) in [5.74, 6) is 1.38. The Morgan fingerprint density at radius 1 is 1.07 bits per heavy atom. The van der Waals surface area contributed by atoms with Crippen LogP contribution in [0.4, 0.5) is 0 Å². The number of aromatic nitrogens is 3. The van der Waals surface area contributed by atoms with Gasteiger partial charge in [0.15, 0.2) is 5.65 Å². The first-order valence-corrected chi connectivity index (χ1v) is 10.2. The van der Waals surface area contributed by atoms with Crippen LogP contribution < -0.4 is 5.32 Å². The van der Waals surface area contributed by atoms with E-state index in [1.807, 2.05) is 17.3 Å². The molecule has 2 bridgehead atoms. The van der Waals surface area contributed by atoms with Crippen LogP contribution in [0.25, 0.3) is 11.2 Å². The molecule has 1 amide bonds. The number of pyridine rings is 1. The number of rotatable bonds is 2. The molecule has 2 aromatic rings. The molecule has 0 saturated carbocycles. The maximum Gasteiger partial charge on any atom is 0.255 e. The Balaban J connectivity index is 1.24. The van der Waals surface area contributed by atoms with Crippen molar-refractivity contribution in [3.8, 4) is 0 Å². The average Bonchev–Trinajstić information content (AvgIpc) is 3.48. The third kappa shape index (κ3) is 2.44. The summed E-state index contributed by atoms with van der Waals surface area (Å²) in [5.41, 5.74) is 2.35. The molecule has 4 aliphatic heterocycles. The summed E-state index contributed by atoms with van der Waals surface area (Å²) in [4.78, 5) is 24.3. The zero-order valence-electron chi connectivity index (χ0n) is 15.4. The molecule has 7 nitrogen and oxygen atoms in total. The number of imidazole rings is 1. The number of likely N-dealkylation sites (tertiary alicyclic amines) is 1. The summed E-state index contributed by atoms with van der Waals surface area (Å²) >= 11 is 0. The van der Waals surface area contributed by atoms with Crippen LogP contribution in [0.5, 0.6) is 0 Å². The molecule has 7 heteroatoms. The Kier molecular flexibility index (Phi) is 3.56. The second-order valence-electron chi connectivity index (χ2n) is 8.56. The lowest BCUT2D eigenvalue weighted by atomic mass is 9.82. The van der Waals surface area contributed by atoms with E-state index in [2.05, 4.69) is 19.9 Å². The Morgan fingerprint density at radius 3 is 2.56 bits per heavy atom. The highest BCUT2D eigenvalue weighted by Gasteiger charge is 2.52. The minimum atomic E-state index is 0.110. The molecule has 2 aromatic heterocycles. The fourth-order valence-electron chi connectivity index (χ4n) is 5.80. The van der Waals surface area contributed by atoms with Gasteiger partial charge < -0.3 is 19.5 Å². The van der Waals surface area contributed by atoms with Gasteiger partial charge in [0, 0.05) is 50.6 Å². The van der Waals surface area contributed by atoms with Gasteiger partial charge in [-0.05, 0) is 43.6 Å². The number of carbonyl (C=O) groups excluding carboxylic acids is 1. The van der Waals surface area contributed by atoms with Gasteiger partial charge in [-0.15, -0.1) is 0 Å². The van der Waals surface area contributed by atoms with E-state index in [-0.39, 0.29) is 5.91 Å². The van der Waals surface area contributed by atoms with Crippen LogP contribution in [-0.4, -0.2) is 63.7 Å². The topological polar surface area (TPSA) is 72.3 Å². The minimum absolute atomic E-state index is 0.110. The number of carbonyl (C=O) groups is 1. The van der Waals surface area contributed by atoms with Crippen LogP contribution in [0.1, 0.15) is 42.1 Å². The largest absolute Gasteiger partial charge is 0.381 e. The number of nitrogens with one attached hydrogen (secondary N) is 1. The number of nitrogens with zero attached hydrogens (tertiary/aromatic N) is 4. The van der Waals surface area contributed by atoms with E-state index in [9.17, 15) is 4.79 Å². The van der Waals surface area contributed by atoms with Gasteiger partial charge in [-0.25, -0.2) is 9.97 Å². The SMILES string of the molecule is O=C(c1cnc2c(c1)ncn2C1CCOCC1)N1C[C@@H]2[C@H](C1)[C@@H]1CC[C@H]2N1. The van der Waals surface area contributed by atoms with Crippen molar-refractivity contribution in [2.24, 2.45) is 11.8 Å². The molecule has 0 aromatic carbocycles. The van der Waals surface area contributed by atoms with Crippen LogP contribution in [0.15, 0.2) is 18.6 Å². The number of fused-ring (bicyclic) bond motifs is 6. The highest BCUT2D eigenvalue weighted by atomic mass is 16.5. The standard InChI is InChI=1S/C20H25N5O2/c26-20(24-9-14-15(10-24)17-2-1-16(14)23-17)12-7-18-19(21-8-12)25(11-22-18)13-3-5-27-6-4-13/h7-8,11,13-17,23H,1-6,9-10H2/t14-,15+,16-,17+. The summed E-state index contributed by atoms with van der Waals surface area (Å²) in [6, 6.07) is 3.54. The molecule has 4 fully saturated rings. The number of amides is 1. The van der Waals surface area contributed by atoms with Crippen molar-refractivity contribution in [2.75, 3.05) is 26.3 Å². The van der Waals surface area contributed by atoms with E-state index in [4.69, 9.17) is 4.74 Å². The molecule has 0 unspecified atom stereocenters. The number of ether oxygens (including phenoxy) is 1. The van der Waals surface area contributed by atoms with Crippen LogP contribution >= 0.6 is 0 Å². The summed E-state index contributed by atoms with van der Waals surface area (Å²) in [5, 5.41) is 3.72. The average molecular weight is 367 g/mol. The van der Waals surface area contributed by atoms with E-state index in [0.29, 0.717) is 35.5 Å². The van der Waals surface area contributed by atoms with Crippen molar-refractivity contribution in [1.29, 1.82) is 0 Å². The summed E-state index contributed by atoms with van der Waals surface area (Å²) in [6.07, 6.45) is 8.12. The van der Waals surface area contributed by atoms with E-state index in [1.165, 1.54) is 12.8 Å². The third-order valence-corrected chi connectivity index (χ3v) is 7.19. The molecule has 6 rings (SSSR count). The number of hydrogen-bond donors (Lipinski definition) is 1. The maximum absolute atomic E-state index is 13.1. The Bertz CT molecular complexity index is 872. The van der Waals surface area contributed by atoms with E-state index < -0.39 is 0 Å². The van der Waals surface area contributed by atoms with Crippen molar-refractivity contribution in [3.05, 3.63) is 24.2 Å². The van der Waals surface area contributed by atoms with Gasteiger partial charge in [0.25, 0.3) is 5.91 Å². The second-order valence-corrected chi connectivity index (χ2v) is 8.56. The first kappa shape index (κ1) is 16.0.